The number of carbonyl (C=O) groups is 2. The van der Waals surface area contributed by atoms with Crippen molar-refractivity contribution in [2.45, 2.75) is 13.8 Å². The summed E-state index contributed by atoms with van der Waals surface area (Å²) in [5.74, 6) is -0.410. The van der Waals surface area contributed by atoms with Gasteiger partial charge in [0.1, 0.15) is 0 Å². The van der Waals surface area contributed by atoms with E-state index < -0.39 is 0 Å². The number of carbonyl (C=O) groups excluding carboxylic acids is 2. The number of fused-ring (bicyclic) bond motifs is 1. The fraction of sp³-hybridized carbons (Fsp3) is 0.111. The van der Waals surface area contributed by atoms with Crippen LogP contribution in [0, 0.1) is 6.92 Å². The Kier molecular flexibility index (Phi) is 5.24. The summed E-state index contributed by atoms with van der Waals surface area (Å²) >= 11 is 6.58. The van der Waals surface area contributed by atoms with Gasteiger partial charge in [-0.2, -0.15) is 0 Å². The first-order chi connectivity index (χ1) is 12.4. The van der Waals surface area contributed by atoms with Crippen LogP contribution in [0.4, 0.5) is 10.8 Å². The molecule has 3 N–H and O–H groups in total. The largest absolute Gasteiger partial charge is 0.326 e. The lowest BCUT2D eigenvalue weighted by molar-refractivity contribution is -0.114. The fourth-order valence-electron chi connectivity index (χ4n) is 2.35. The van der Waals surface area contributed by atoms with Crippen molar-refractivity contribution in [2.24, 2.45) is 0 Å². The van der Waals surface area contributed by atoms with E-state index in [-0.39, 0.29) is 16.9 Å². The molecule has 1 aromatic heterocycles. The summed E-state index contributed by atoms with van der Waals surface area (Å²) in [6.45, 7) is 3.38. The molecule has 0 saturated heterocycles. The molecule has 132 valence electrons. The Morgan fingerprint density at radius 1 is 1.12 bits per heavy atom. The molecule has 26 heavy (non-hydrogen) atoms. The van der Waals surface area contributed by atoms with Crippen molar-refractivity contribution in [3.8, 4) is 0 Å². The number of nitrogens with one attached hydrogen (secondary N) is 3. The summed E-state index contributed by atoms with van der Waals surface area (Å²) in [6.07, 6.45) is 0. The number of amides is 2. The first-order valence-electron chi connectivity index (χ1n) is 7.78. The Bertz CT molecular complexity index is 1010. The van der Waals surface area contributed by atoms with Gasteiger partial charge in [-0.05, 0) is 49.5 Å². The summed E-state index contributed by atoms with van der Waals surface area (Å²) in [6, 6.07) is 12.7. The number of hydrogen-bond acceptors (Lipinski definition) is 5. The lowest BCUT2D eigenvalue weighted by atomic mass is 10.1. The molecule has 0 fully saturated rings. The number of anilines is 2. The van der Waals surface area contributed by atoms with Crippen LogP contribution in [-0.2, 0) is 4.79 Å². The molecule has 3 rings (SSSR count). The van der Waals surface area contributed by atoms with Crippen LogP contribution >= 0.6 is 23.6 Å². The minimum atomic E-state index is -0.278. The zero-order chi connectivity index (χ0) is 18.7. The zero-order valence-corrected chi connectivity index (χ0v) is 15.8. The van der Waals surface area contributed by atoms with Gasteiger partial charge in [0.25, 0.3) is 5.91 Å². The van der Waals surface area contributed by atoms with E-state index >= 15 is 0 Å². The van der Waals surface area contributed by atoms with E-state index in [1.165, 1.54) is 18.3 Å². The summed E-state index contributed by atoms with van der Waals surface area (Å²) in [5, 5.41) is 9.05. The summed E-state index contributed by atoms with van der Waals surface area (Å²) in [7, 11) is 0. The van der Waals surface area contributed by atoms with Crippen LogP contribution in [0.2, 0.25) is 0 Å². The molecule has 6 nitrogen and oxygen atoms in total. The zero-order valence-electron chi connectivity index (χ0n) is 14.1. The number of benzene rings is 2. The Balaban J connectivity index is 1.69. The van der Waals surface area contributed by atoms with Crippen LogP contribution in [0.15, 0.2) is 42.5 Å². The van der Waals surface area contributed by atoms with E-state index in [1.54, 1.807) is 18.2 Å². The van der Waals surface area contributed by atoms with Gasteiger partial charge >= 0.3 is 0 Å². The molecule has 1 heterocycles. The molecular weight excluding hydrogens is 368 g/mol. The van der Waals surface area contributed by atoms with Gasteiger partial charge in [0.15, 0.2) is 10.2 Å². The Morgan fingerprint density at radius 2 is 1.92 bits per heavy atom. The third-order valence-electron chi connectivity index (χ3n) is 3.44. The maximum Gasteiger partial charge on any atom is 0.257 e. The number of rotatable bonds is 3. The second-order valence-corrected chi connectivity index (χ2v) is 7.10. The molecular formula is C18H16N4O2S2. The molecule has 8 heteroatoms. The van der Waals surface area contributed by atoms with Gasteiger partial charge < -0.3 is 10.6 Å². The normalized spacial score (nSPS) is 10.4. The summed E-state index contributed by atoms with van der Waals surface area (Å²) in [5.41, 5.74) is 3.02. The lowest BCUT2D eigenvalue weighted by Gasteiger charge is -2.07. The number of nitrogens with zero attached hydrogens (tertiary/aromatic N) is 1. The molecule has 0 bridgehead atoms. The lowest BCUT2D eigenvalue weighted by Crippen LogP contribution is -2.34. The van der Waals surface area contributed by atoms with Gasteiger partial charge in [-0.3, -0.25) is 14.9 Å². The number of thiocarbonyl (C=S) groups is 1. The van der Waals surface area contributed by atoms with Gasteiger partial charge in [0.05, 0.1) is 10.2 Å². The van der Waals surface area contributed by atoms with E-state index in [1.807, 2.05) is 31.2 Å². The van der Waals surface area contributed by atoms with Crippen LogP contribution in [0.5, 0.6) is 0 Å². The second-order valence-electron chi connectivity index (χ2n) is 5.66. The molecule has 0 radical (unpaired) electrons. The van der Waals surface area contributed by atoms with Crippen LogP contribution in [0.3, 0.4) is 0 Å². The van der Waals surface area contributed by atoms with Gasteiger partial charge in [-0.1, -0.05) is 29.0 Å². The molecule has 0 atom stereocenters. The van der Waals surface area contributed by atoms with Gasteiger partial charge in [0.2, 0.25) is 5.91 Å². The second kappa shape index (κ2) is 7.59. The molecule has 2 aromatic carbocycles. The monoisotopic (exact) mass is 384 g/mol. The van der Waals surface area contributed by atoms with E-state index in [2.05, 4.69) is 20.9 Å². The predicted molar refractivity (Wildman–Crippen MR) is 109 cm³/mol. The van der Waals surface area contributed by atoms with Crippen molar-refractivity contribution in [2.75, 3.05) is 10.6 Å². The van der Waals surface area contributed by atoms with Gasteiger partial charge in [-0.25, -0.2) is 4.98 Å². The minimum absolute atomic E-state index is 0.132. The highest BCUT2D eigenvalue weighted by Gasteiger charge is 2.10. The van der Waals surface area contributed by atoms with Crippen molar-refractivity contribution >= 4 is 61.5 Å². The van der Waals surface area contributed by atoms with Crippen LogP contribution in [0.25, 0.3) is 10.2 Å². The highest BCUT2D eigenvalue weighted by Crippen LogP contribution is 2.28. The Labute approximate surface area is 159 Å². The van der Waals surface area contributed by atoms with Gasteiger partial charge in [-0.15, -0.1) is 0 Å². The fourth-order valence-corrected chi connectivity index (χ4v) is 3.51. The van der Waals surface area contributed by atoms with E-state index in [9.17, 15) is 9.59 Å². The smallest absolute Gasteiger partial charge is 0.257 e. The molecule has 0 aliphatic carbocycles. The Morgan fingerprint density at radius 3 is 2.65 bits per heavy atom. The standard InChI is InChI=1S/C18H16N4O2S2/c1-10-4-3-5-12(8-10)16(24)21-17(25)22-18-20-14-7-6-13(19-11(2)23)9-15(14)26-18/h3-9H,1-2H3,(H,19,23)(H2,20,21,22,24,25). The molecule has 0 aliphatic heterocycles. The van der Waals surface area contributed by atoms with Crippen LogP contribution in [0.1, 0.15) is 22.8 Å². The van der Waals surface area contributed by atoms with Crippen LogP contribution in [-0.4, -0.2) is 21.9 Å². The SMILES string of the molecule is CC(=O)Nc1ccc2nc(NC(=S)NC(=O)c3cccc(C)c3)sc2c1. The molecule has 0 unspecified atom stereocenters. The molecule has 2 amide bonds. The average molecular weight is 384 g/mol. The first kappa shape index (κ1) is 18.0. The summed E-state index contributed by atoms with van der Waals surface area (Å²) < 4.78 is 0.895. The number of hydrogen-bond donors (Lipinski definition) is 3. The van der Waals surface area contributed by atoms with Crippen molar-refractivity contribution in [1.82, 2.24) is 10.3 Å². The minimum Gasteiger partial charge on any atom is -0.326 e. The average Bonchev–Trinajstić information content (AvgIpc) is 2.95. The maximum absolute atomic E-state index is 12.2. The van der Waals surface area contributed by atoms with Crippen molar-refractivity contribution in [3.05, 3.63) is 53.6 Å². The topological polar surface area (TPSA) is 83.1 Å². The molecule has 0 saturated carbocycles. The Hall–Kier alpha value is -2.84. The predicted octanol–water partition coefficient (Wildman–Crippen LogP) is 3.69. The maximum atomic E-state index is 12.2. The number of aryl methyl sites for hydroxylation is 1. The van der Waals surface area contributed by atoms with E-state index in [4.69, 9.17) is 12.2 Å². The molecule has 0 spiro atoms. The highest BCUT2D eigenvalue weighted by atomic mass is 32.1. The first-order valence-corrected chi connectivity index (χ1v) is 9.00. The number of aromatic nitrogens is 1. The van der Waals surface area contributed by atoms with Crippen molar-refractivity contribution in [3.63, 3.8) is 0 Å². The molecule has 3 aromatic rings. The van der Waals surface area contributed by atoms with Crippen molar-refractivity contribution < 1.29 is 9.59 Å². The van der Waals surface area contributed by atoms with Gasteiger partial charge in [0, 0.05) is 18.2 Å². The third-order valence-corrected chi connectivity index (χ3v) is 4.57. The van der Waals surface area contributed by atoms with E-state index in [0.29, 0.717) is 16.4 Å². The van der Waals surface area contributed by atoms with Crippen LogP contribution < -0.4 is 16.0 Å². The number of thiazole rings is 1. The quantitative estimate of drug-likeness (QED) is 0.600. The highest BCUT2D eigenvalue weighted by molar-refractivity contribution is 7.80. The summed E-state index contributed by atoms with van der Waals surface area (Å²) in [4.78, 5) is 27.8. The van der Waals surface area contributed by atoms with E-state index in [0.717, 1.165) is 15.8 Å². The third kappa shape index (κ3) is 4.41. The van der Waals surface area contributed by atoms with Crippen molar-refractivity contribution in [1.29, 1.82) is 0 Å². The molecule has 0 aliphatic rings.